The normalized spacial score (nSPS) is 19.6. The molecule has 2 rings (SSSR count). The van der Waals surface area contributed by atoms with E-state index in [4.69, 9.17) is 10.5 Å². The third-order valence-electron chi connectivity index (χ3n) is 2.93. The van der Waals surface area contributed by atoms with Crippen molar-refractivity contribution in [1.29, 1.82) is 0 Å². The van der Waals surface area contributed by atoms with Gasteiger partial charge in [-0.05, 0) is 31.7 Å². The summed E-state index contributed by atoms with van der Waals surface area (Å²) in [5.74, 6) is 0.721. The number of rotatable bonds is 2. The molecule has 1 aromatic carbocycles. The second-order valence-corrected chi connectivity index (χ2v) is 6.00. The zero-order valence-electron chi connectivity index (χ0n) is 9.86. The van der Waals surface area contributed by atoms with Crippen molar-refractivity contribution in [1.82, 2.24) is 4.72 Å². The van der Waals surface area contributed by atoms with Crippen LogP contribution in [0.25, 0.3) is 0 Å². The quantitative estimate of drug-likeness (QED) is 0.815. The summed E-state index contributed by atoms with van der Waals surface area (Å²) in [6, 6.07) is 3.03. The molecule has 94 valence electrons. The Labute approximate surface area is 101 Å². The lowest BCUT2D eigenvalue weighted by atomic mass is 9.99. The number of ether oxygens (including phenoxy) is 1. The van der Waals surface area contributed by atoms with Gasteiger partial charge in [-0.25, -0.2) is 13.1 Å². The van der Waals surface area contributed by atoms with Crippen molar-refractivity contribution in [3.8, 4) is 5.75 Å². The monoisotopic (exact) mass is 256 g/mol. The number of benzene rings is 1. The molecule has 0 aliphatic carbocycles. The van der Waals surface area contributed by atoms with Crippen LogP contribution < -0.4 is 15.2 Å². The first-order valence-corrected chi connectivity index (χ1v) is 6.90. The van der Waals surface area contributed by atoms with Crippen molar-refractivity contribution in [2.45, 2.75) is 24.3 Å². The largest absolute Gasteiger partial charge is 0.493 e. The molecule has 3 N–H and O–H groups in total. The molecule has 5 nitrogen and oxygen atoms in total. The Hall–Kier alpha value is -1.11. The maximum atomic E-state index is 11.8. The number of aryl methyl sites for hydroxylation is 1. The van der Waals surface area contributed by atoms with Gasteiger partial charge < -0.3 is 10.5 Å². The zero-order chi connectivity index (χ0) is 12.6. The molecular weight excluding hydrogens is 240 g/mol. The number of hydrogen-bond acceptors (Lipinski definition) is 4. The van der Waals surface area contributed by atoms with Crippen molar-refractivity contribution >= 4 is 10.0 Å². The fraction of sp³-hybridized carbons (Fsp3) is 0.455. The van der Waals surface area contributed by atoms with Crippen LogP contribution in [0.2, 0.25) is 0 Å². The fourth-order valence-electron chi connectivity index (χ4n) is 1.96. The summed E-state index contributed by atoms with van der Waals surface area (Å²) < 4.78 is 31.3. The number of sulfonamides is 1. The molecule has 0 aromatic heterocycles. The first kappa shape index (κ1) is 12.3. The van der Waals surface area contributed by atoms with E-state index in [1.807, 2.05) is 6.92 Å². The average Bonchev–Trinajstić information content (AvgIpc) is 2.30. The summed E-state index contributed by atoms with van der Waals surface area (Å²) in [6.45, 7) is 2.40. The molecular formula is C11H16N2O3S. The minimum absolute atomic E-state index is 0.163. The first-order chi connectivity index (χ1) is 7.95. The van der Waals surface area contributed by atoms with Crippen LogP contribution >= 0.6 is 0 Å². The second-order valence-electron chi connectivity index (χ2n) is 4.11. The van der Waals surface area contributed by atoms with Crippen LogP contribution in [0.3, 0.4) is 0 Å². The highest BCUT2D eigenvalue weighted by Gasteiger charge is 2.23. The molecule has 1 aromatic rings. The minimum atomic E-state index is -3.44. The van der Waals surface area contributed by atoms with E-state index in [1.54, 1.807) is 12.1 Å². The Morgan fingerprint density at radius 2 is 2.18 bits per heavy atom. The number of hydrogen-bond donors (Lipinski definition) is 2. The van der Waals surface area contributed by atoms with Gasteiger partial charge in [0.25, 0.3) is 0 Å². The molecule has 0 saturated carbocycles. The summed E-state index contributed by atoms with van der Waals surface area (Å²) >= 11 is 0. The molecule has 6 heteroatoms. The lowest BCUT2D eigenvalue weighted by Crippen LogP contribution is -2.23. The molecule has 1 unspecified atom stereocenters. The Morgan fingerprint density at radius 1 is 1.47 bits per heavy atom. The number of nitrogens with one attached hydrogen (secondary N) is 1. The van der Waals surface area contributed by atoms with Crippen LogP contribution in [0.1, 0.15) is 23.6 Å². The summed E-state index contributed by atoms with van der Waals surface area (Å²) in [7, 11) is -2.05. The van der Waals surface area contributed by atoms with Crippen molar-refractivity contribution in [3.63, 3.8) is 0 Å². The van der Waals surface area contributed by atoms with Gasteiger partial charge in [0, 0.05) is 18.0 Å². The van der Waals surface area contributed by atoms with Crippen LogP contribution in [-0.4, -0.2) is 22.1 Å². The molecule has 0 bridgehead atoms. The summed E-state index contributed by atoms with van der Waals surface area (Å²) in [5, 5.41) is 0. The maximum Gasteiger partial charge on any atom is 0.240 e. The number of nitrogens with two attached hydrogens (primary N) is 1. The molecule has 0 amide bonds. The van der Waals surface area contributed by atoms with Crippen molar-refractivity contribution in [3.05, 3.63) is 23.3 Å². The van der Waals surface area contributed by atoms with Crippen molar-refractivity contribution in [2.75, 3.05) is 13.7 Å². The summed E-state index contributed by atoms with van der Waals surface area (Å²) in [4.78, 5) is 0.234. The van der Waals surface area contributed by atoms with E-state index < -0.39 is 10.0 Å². The maximum absolute atomic E-state index is 11.8. The van der Waals surface area contributed by atoms with E-state index in [1.165, 1.54) is 7.05 Å². The molecule has 0 radical (unpaired) electrons. The molecule has 0 fully saturated rings. The minimum Gasteiger partial charge on any atom is -0.493 e. The lowest BCUT2D eigenvalue weighted by molar-refractivity contribution is 0.266. The Bertz CT molecular complexity index is 540. The van der Waals surface area contributed by atoms with Gasteiger partial charge in [-0.2, -0.15) is 0 Å². The van der Waals surface area contributed by atoms with Crippen molar-refractivity contribution < 1.29 is 13.2 Å². The van der Waals surface area contributed by atoms with E-state index in [2.05, 4.69) is 4.72 Å². The third kappa shape index (κ3) is 2.15. The van der Waals surface area contributed by atoms with E-state index in [9.17, 15) is 8.42 Å². The summed E-state index contributed by atoms with van der Waals surface area (Å²) in [5.41, 5.74) is 7.54. The van der Waals surface area contributed by atoms with E-state index in [0.29, 0.717) is 13.0 Å². The predicted molar refractivity (Wildman–Crippen MR) is 64.5 cm³/mol. The van der Waals surface area contributed by atoms with Crippen LogP contribution in [0, 0.1) is 6.92 Å². The van der Waals surface area contributed by atoms with Gasteiger partial charge in [-0.1, -0.05) is 0 Å². The predicted octanol–water partition coefficient (Wildman–Crippen LogP) is 0.685. The third-order valence-corrected chi connectivity index (χ3v) is 4.32. The van der Waals surface area contributed by atoms with Crippen LogP contribution in [0.5, 0.6) is 5.75 Å². The average molecular weight is 256 g/mol. The molecule has 0 saturated heterocycles. The highest BCUT2D eigenvalue weighted by molar-refractivity contribution is 7.89. The molecule has 17 heavy (non-hydrogen) atoms. The smallest absolute Gasteiger partial charge is 0.240 e. The standard InChI is InChI=1S/C11H16N2O3S/c1-7-5-8(17(14,15)13-2)6-9-10(12)3-4-16-11(7)9/h5-6,10,13H,3-4,12H2,1-2H3. The zero-order valence-corrected chi connectivity index (χ0v) is 10.7. The van der Waals surface area contributed by atoms with Gasteiger partial charge in [0.15, 0.2) is 0 Å². The summed E-state index contributed by atoms with van der Waals surface area (Å²) in [6.07, 6.45) is 0.704. The first-order valence-electron chi connectivity index (χ1n) is 5.42. The van der Waals surface area contributed by atoms with E-state index in [0.717, 1.165) is 16.9 Å². The highest BCUT2D eigenvalue weighted by atomic mass is 32.2. The van der Waals surface area contributed by atoms with E-state index in [-0.39, 0.29) is 10.9 Å². The SMILES string of the molecule is CNS(=O)(=O)c1cc(C)c2c(c1)C(N)CCO2. The highest BCUT2D eigenvalue weighted by Crippen LogP contribution is 2.35. The Morgan fingerprint density at radius 3 is 2.82 bits per heavy atom. The van der Waals surface area contributed by atoms with Gasteiger partial charge in [0.2, 0.25) is 10.0 Å². The van der Waals surface area contributed by atoms with Gasteiger partial charge in [0.1, 0.15) is 5.75 Å². The van der Waals surface area contributed by atoms with Crippen LogP contribution in [0.15, 0.2) is 17.0 Å². The Kier molecular flexibility index (Phi) is 3.11. The fourth-order valence-corrected chi connectivity index (χ4v) is 2.81. The second kappa shape index (κ2) is 4.29. The Balaban J connectivity index is 2.61. The topological polar surface area (TPSA) is 81.4 Å². The van der Waals surface area contributed by atoms with Crippen LogP contribution in [0.4, 0.5) is 0 Å². The number of fused-ring (bicyclic) bond motifs is 1. The molecule has 1 atom stereocenters. The molecule has 0 spiro atoms. The molecule has 1 aliphatic rings. The van der Waals surface area contributed by atoms with Gasteiger partial charge in [-0.15, -0.1) is 0 Å². The van der Waals surface area contributed by atoms with Crippen molar-refractivity contribution in [2.24, 2.45) is 5.73 Å². The molecule has 1 aliphatic heterocycles. The lowest BCUT2D eigenvalue weighted by Gasteiger charge is -2.25. The van der Waals surface area contributed by atoms with Gasteiger partial charge in [-0.3, -0.25) is 0 Å². The van der Waals surface area contributed by atoms with Gasteiger partial charge in [0.05, 0.1) is 11.5 Å². The van der Waals surface area contributed by atoms with E-state index >= 15 is 0 Å². The van der Waals surface area contributed by atoms with Gasteiger partial charge >= 0.3 is 0 Å². The molecule has 1 heterocycles. The van der Waals surface area contributed by atoms with Crippen LogP contribution in [-0.2, 0) is 10.0 Å².